The Kier molecular flexibility index (Phi) is 5.31. The standard InChI is InChI=1S/C18H21N5O3/c1-13(24)22-7-9-23(10-8-22)18(25)16-11-17(20-12-19-16)21-14-3-5-15(26-2)6-4-14/h3-6,11-12H,7-10H2,1-2H3,(H,19,20,21). The van der Waals surface area contributed by atoms with Crippen LogP contribution in [0.2, 0.25) is 0 Å². The maximum absolute atomic E-state index is 12.7. The number of aromatic nitrogens is 2. The van der Waals surface area contributed by atoms with Crippen LogP contribution >= 0.6 is 0 Å². The third-order valence-corrected chi connectivity index (χ3v) is 4.26. The Bertz CT molecular complexity index is 786. The van der Waals surface area contributed by atoms with E-state index < -0.39 is 0 Å². The van der Waals surface area contributed by atoms with Crippen LogP contribution in [0.1, 0.15) is 17.4 Å². The van der Waals surface area contributed by atoms with Gasteiger partial charge in [-0.2, -0.15) is 0 Å². The van der Waals surface area contributed by atoms with Gasteiger partial charge in [0.1, 0.15) is 23.6 Å². The Morgan fingerprint density at radius 3 is 2.31 bits per heavy atom. The third-order valence-electron chi connectivity index (χ3n) is 4.26. The minimum Gasteiger partial charge on any atom is -0.497 e. The van der Waals surface area contributed by atoms with Crippen molar-refractivity contribution in [3.63, 3.8) is 0 Å². The molecular weight excluding hydrogens is 334 g/mol. The molecular formula is C18H21N5O3. The molecule has 2 heterocycles. The quantitative estimate of drug-likeness (QED) is 0.895. The van der Waals surface area contributed by atoms with Gasteiger partial charge in [-0.05, 0) is 24.3 Å². The Balaban J connectivity index is 1.66. The number of anilines is 2. The van der Waals surface area contributed by atoms with Crippen LogP contribution in [0.5, 0.6) is 5.75 Å². The molecule has 136 valence electrons. The fourth-order valence-corrected chi connectivity index (χ4v) is 2.75. The molecule has 1 N–H and O–H groups in total. The molecule has 0 bridgehead atoms. The number of piperazine rings is 1. The fourth-order valence-electron chi connectivity index (χ4n) is 2.75. The average molecular weight is 355 g/mol. The van der Waals surface area contributed by atoms with E-state index in [4.69, 9.17) is 4.74 Å². The first kappa shape index (κ1) is 17.7. The van der Waals surface area contributed by atoms with Gasteiger partial charge in [0.05, 0.1) is 7.11 Å². The van der Waals surface area contributed by atoms with Crippen LogP contribution in [0.3, 0.4) is 0 Å². The predicted molar refractivity (Wildman–Crippen MR) is 96.5 cm³/mol. The smallest absolute Gasteiger partial charge is 0.272 e. The van der Waals surface area contributed by atoms with Gasteiger partial charge in [-0.3, -0.25) is 9.59 Å². The van der Waals surface area contributed by atoms with Gasteiger partial charge < -0.3 is 19.9 Å². The van der Waals surface area contributed by atoms with Crippen LogP contribution in [-0.2, 0) is 4.79 Å². The van der Waals surface area contributed by atoms with E-state index in [0.29, 0.717) is 37.7 Å². The predicted octanol–water partition coefficient (Wildman–Crippen LogP) is 1.53. The molecule has 0 spiro atoms. The second-order valence-corrected chi connectivity index (χ2v) is 5.94. The van der Waals surface area contributed by atoms with Crippen molar-refractivity contribution in [3.05, 3.63) is 42.4 Å². The van der Waals surface area contributed by atoms with Gasteiger partial charge >= 0.3 is 0 Å². The second-order valence-electron chi connectivity index (χ2n) is 5.94. The summed E-state index contributed by atoms with van der Waals surface area (Å²) in [4.78, 5) is 35.7. The number of nitrogens with one attached hydrogen (secondary N) is 1. The molecule has 2 aromatic rings. The molecule has 0 radical (unpaired) electrons. The van der Waals surface area contributed by atoms with Crippen molar-refractivity contribution in [2.45, 2.75) is 6.92 Å². The summed E-state index contributed by atoms with van der Waals surface area (Å²) < 4.78 is 5.13. The topological polar surface area (TPSA) is 87.7 Å². The monoisotopic (exact) mass is 355 g/mol. The molecule has 2 amide bonds. The Morgan fingerprint density at radius 1 is 1.04 bits per heavy atom. The van der Waals surface area contributed by atoms with Crippen LogP contribution in [0.25, 0.3) is 0 Å². The summed E-state index contributed by atoms with van der Waals surface area (Å²) in [5.74, 6) is 1.17. The highest BCUT2D eigenvalue weighted by molar-refractivity contribution is 5.93. The molecule has 0 aliphatic carbocycles. The molecule has 1 aromatic carbocycles. The first-order chi connectivity index (χ1) is 12.6. The lowest BCUT2D eigenvalue weighted by Gasteiger charge is -2.34. The third kappa shape index (κ3) is 4.08. The van der Waals surface area contributed by atoms with Crippen LogP contribution in [0, 0.1) is 0 Å². The van der Waals surface area contributed by atoms with Crippen molar-refractivity contribution in [2.75, 3.05) is 38.6 Å². The fraction of sp³-hybridized carbons (Fsp3) is 0.333. The lowest BCUT2D eigenvalue weighted by atomic mass is 10.2. The maximum Gasteiger partial charge on any atom is 0.272 e. The number of hydrogen-bond acceptors (Lipinski definition) is 6. The van der Waals surface area contributed by atoms with Crippen molar-refractivity contribution in [1.82, 2.24) is 19.8 Å². The zero-order valence-electron chi connectivity index (χ0n) is 14.8. The number of methoxy groups -OCH3 is 1. The molecule has 0 atom stereocenters. The molecule has 0 saturated carbocycles. The number of amides is 2. The van der Waals surface area contributed by atoms with Gasteiger partial charge in [0.2, 0.25) is 5.91 Å². The highest BCUT2D eigenvalue weighted by Gasteiger charge is 2.24. The number of ether oxygens (including phenoxy) is 1. The highest BCUT2D eigenvalue weighted by Crippen LogP contribution is 2.19. The van der Waals surface area contributed by atoms with E-state index >= 15 is 0 Å². The maximum atomic E-state index is 12.7. The van der Waals surface area contributed by atoms with Crippen molar-refractivity contribution >= 4 is 23.3 Å². The minimum absolute atomic E-state index is 0.0325. The van der Waals surface area contributed by atoms with E-state index in [1.807, 2.05) is 24.3 Å². The molecule has 8 nitrogen and oxygen atoms in total. The molecule has 26 heavy (non-hydrogen) atoms. The average Bonchev–Trinajstić information content (AvgIpc) is 2.68. The number of hydrogen-bond donors (Lipinski definition) is 1. The Labute approximate surface area is 151 Å². The van der Waals surface area contributed by atoms with Crippen molar-refractivity contribution in [2.24, 2.45) is 0 Å². The number of carbonyl (C=O) groups is 2. The molecule has 3 rings (SSSR count). The largest absolute Gasteiger partial charge is 0.497 e. The summed E-state index contributed by atoms with van der Waals surface area (Å²) in [7, 11) is 1.61. The van der Waals surface area contributed by atoms with Crippen LogP contribution < -0.4 is 10.1 Å². The molecule has 1 aromatic heterocycles. The Morgan fingerprint density at radius 2 is 1.69 bits per heavy atom. The summed E-state index contributed by atoms with van der Waals surface area (Å²) in [6, 6.07) is 9.03. The van der Waals surface area contributed by atoms with E-state index in [2.05, 4.69) is 15.3 Å². The lowest BCUT2D eigenvalue weighted by Crippen LogP contribution is -2.50. The minimum atomic E-state index is -0.159. The van der Waals surface area contributed by atoms with Gasteiger partial charge in [-0.25, -0.2) is 9.97 Å². The van der Waals surface area contributed by atoms with Crippen molar-refractivity contribution in [1.29, 1.82) is 0 Å². The van der Waals surface area contributed by atoms with Crippen molar-refractivity contribution in [3.8, 4) is 5.75 Å². The number of nitrogens with zero attached hydrogens (tertiary/aromatic N) is 4. The summed E-state index contributed by atoms with van der Waals surface area (Å²) in [6.07, 6.45) is 1.37. The molecule has 8 heteroatoms. The normalized spacial score (nSPS) is 14.1. The van der Waals surface area contributed by atoms with Gasteiger partial charge in [0.15, 0.2) is 0 Å². The Hall–Kier alpha value is -3.16. The highest BCUT2D eigenvalue weighted by atomic mass is 16.5. The van der Waals surface area contributed by atoms with Gasteiger partial charge in [0, 0.05) is 44.9 Å². The molecule has 1 saturated heterocycles. The number of benzene rings is 1. The molecule has 1 aliphatic heterocycles. The van der Waals surface area contributed by atoms with E-state index in [0.717, 1.165) is 11.4 Å². The van der Waals surface area contributed by atoms with E-state index in [-0.39, 0.29) is 11.8 Å². The lowest BCUT2D eigenvalue weighted by molar-refractivity contribution is -0.130. The molecule has 1 aliphatic rings. The molecule has 0 unspecified atom stereocenters. The second kappa shape index (κ2) is 7.81. The molecule has 1 fully saturated rings. The summed E-state index contributed by atoms with van der Waals surface area (Å²) >= 11 is 0. The number of rotatable bonds is 4. The zero-order chi connectivity index (χ0) is 18.5. The van der Waals surface area contributed by atoms with Gasteiger partial charge in [0.25, 0.3) is 5.91 Å². The number of carbonyl (C=O) groups excluding carboxylic acids is 2. The van der Waals surface area contributed by atoms with Gasteiger partial charge in [-0.15, -0.1) is 0 Å². The van der Waals surface area contributed by atoms with Crippen LogP contribution in [-0.4, -0.2) is 64.9 Å². The summed E-state index contributed by atoms with van der Waals surface area (Å²) in [5.41, 5.74) is 1.16. The van der Waals surface area contributed by atoms with E-state index in [1.54, 1.807) is 29.9 Å². The first-order valence-electron chi connectivity index (χ1n) is 8.35. The van der Waals surface area contributed by atoms with Gasteiger partial charge in [-0.1, -0.05) is 0 Å². The summed E-state index contributed by atoms with van der Waals surface area (Å²) in [5, 5.41) is 3.15. The van der Waals surface area contributed by atoms with Crippen molar-refractivity contribution < 1.29 is 14.3 Å². The zero-order valence-corrected chi connectivity index (χ0v) is 14.8. The first-order valence-corrected chi connectivity index (χ1v) is 8.35. The van der Waals surface area contributed by atoms with Crippen LogP contribution in [0.15, 0.2) is 36.7 Å². The SMILES string of the molecule is COc1ccc(Nc2cc(C(=O)N3CCN(C(C)=O)CC3)ncn2)cc1. The van der Waals surface area contributed by atoms with E-state index in [9.17, 15) is 9.59 Å². The van der Waals surface area contributed by atoms with Crippen LogP contribution in [0.4, 0.5) is 11.5 Å². The van der Waals surface area contributed by atoms with E-state index in [1.165, 1.54) is 6.33 Å². The summed E-state index contributed by atoms with van der Waals surface area (Å²) in [6.45, 7) is 3.64.